The summed E-state index contributed by atoms with van der Waals surface area (Å²) in [5.41, 5.74) is 1.89. The average Bonchev–Trinajstić information content (AvgIpc) is 2.95. The predicted octanol–water partition coefficient (Wildman–Crippen LogP) is 3.34. The summed E-state index contributed by atoms with van der Waals surface area (Å²) in [5.74, 6) is 2.21. The van der Waals surface area contributed by atoms with E-state index >= 15 is 0 Å². The van der Waals surface area contributed by atoms with Gasteiger partial charge in [0.15, 0.2) is 11.5 Å². The Balaban J connectivity index is 2.04. The molecule has 1 fully saturated rings. The largest absolute Gasteiger partial charge is 0.440 e. The van der Waals surface area contributed by atoms with Crippen molar-refractivity contribution in [2.45, 2.75) is 25.7 Å². The maximum Gasteiger partial charge on any atom is 0.198 e. The van der Waals surface area contributed by atoms with Crippen molar-refractivity contribution in [2.24, 2.45) is 5.92 Å². The number of nitrogens with zero attached hydrogens (tertiary/aromatic N) is 1. The minimum Gasteiger partial charge on any atom is -0.440 e. The molecule has 1 atom stereocenters. The molecule has 1 heterocycles. The van der Waals surface area contributed by atoms with Crippen LogP contribution in [0.4, 0.5) is 0 Å². The molecule has 3 rings (SSSR count). The Labute approximate surface area is 82.9 Å². The highest BCUT2D eigenvalue weighted by molar-refractivity contribution is 5.72. The maximum absolute atomic E-state index is 5.72. The van der Waals surface area contributed by atoms with E-state index in [1.165, 1.54) is 12.8 Å². The molecule has 0 aliphatic heterocycles. The molecule has 0 spiro atoms. The van der Waals surface area contributed by atoms with Crippen molar-refractivity contribution < 1.29 is 4.42 Å². The number of fused-ring (bicyclic) bond motifs is 1. The van der Waals surface area contributed by atoms with E-state index in [-0.39, 0.29) is 0 Å². The molecule has 1 unspecified atom stereocenters. The first-order valence-corrected chi connectivity index (χ1v) is 5.20. The van der Waals surface area contributed by atoms with Crippen molar-refractivity contribution in [3.63, 3.8) is 0 Å². The minimum absolute atomic E-state index is 0.488. The van der Waals surface area contributed by atoms with Gasteiger partial charge in [0.2, 0.25) is 0 Å². The van der Waals surface area contributed by atoms with Gasteiger partial charge in [0.05, 0.1) is 0 Å². The molecular weight excluding hydrogens is 174 g/mol. The zero-order chi connectivity index (χ0) is 9.54. The van der Waals surface area contributed by atoms with E-state index < -0.39 is 0 Å². The van der Waals surface area contributed by atoms with Gasteiger partial charge in [-0.05, 0) is 30.9 Å². The van der Waals surface area contributed by atoms with Gasteiger partial charge in [0.25, 0.3) is 0 Å². The van der Waals surface area contributed by atoms with Crippen molar-refractivity contribution in [1.29, 1.82) is 0 Å². The third-order valence-corrected chi connectivity index (χ3v) is 3.03. The number of rotatable bonds is 2. The number of oxazole rings is 1. The Kier molecular flexibility index (Phi) is 1.63. The molecule has 14 heavy (non-hydrogen) atoms. The van der Waals surface area contributed by atoms with Crippen LogP contribution in [-0.2, 0) is 0 Å². The quantitative estimate of drug-likeness (QED) is 0.720. The lowest BCUT2D eigenvalue weighted by atomic mass is 10.1. The Hall–Kier alpha value is -1.31. The Morgan fingerprint density at radius 2 is 2.14 bits per heavy atom. The molecule has 0 N–H and O–H groups in total. The second kappa shape index (κ2) is 2.84. The van der Waals surface area contributed by atoms with Gasteiger partial charge in [-0.25, -0.2) is 4.98 Å². The Bertz CT molecular complexity index is 423. The lowest BCUT2D eigenvalue weighted by Crippen LogP contribution is -1.94. The van der Waals surface area contributed by atoms with Crippen molar-refractivity contribution in [3.05, 3.63) is 30.2 Å². The number of hydrogen-bond acceptors (Lipinski definition) is 2. The molecule has 2 aromatic rings. The molecule has 2 heteroatoms. The summed E-state index contributed by atoms with van der Waals surface area (Å²) in [6.07, 6.45) is 2.67. The second-order valence-corrected chi connectivity index (χ2v) is 4.15. The van der Waals surface area contributed by atoms with Crippen molar-refractivity contribution in [1.82, 2.24) is 4.98 Å². The lowest BCUT2D eigenvalue weighted by molar-refractivity contribution is 0.460. The van der Waals surface area contributed by atoms with E-state index in [0.29, 0.717) is 5.92 Å². The van der Waals surface area contributed by atoms with Crippen molar-refractivity contribution >= 4 is 11.1 Å². The maximum atomic E-state index is 5.72. The average molecular weight is 187 g/mol. The molecule has 0 bridgehead atoms. The highest BCUT2D eigenvalue weighted by atomic mass is 16.3. The summed E-state index contributed by atoms with van der Waals surface area (Å²) in [7, 11) is 0. The van der Waals surface area contributed by atoms with Crippen LogP contribution in [0.5, 0.6) is 0 Å². The molecule has 72 valence electrons. The number of para-hydroxylation sites is 2. The molecule has 0 radical (unpaired) electrons. The van der Waals surface area contributed by atoms with E-state index in [0.717, 1.165) is 22.9 Å². The normalized spacial score (nSPS) is 18.6. The van der Waals surface area contributed by atoms with Crippen LogP contribution in [0, 0.1) is 5.92 Å². The standard InChI is InChI=1S/C12H13NO/c1-8(9-6-7-9)12-13-10-4-2-3-5-11(10)14-12/h2-5,8-9H,6-7H2,1H3. The van der Waals surface area contributed by atoms with E-state index in [2.05, 4.69) is 11.9 Å². The molecule has 1 aromatic heterocycles. The van der Waals surface area contributed by atoms with Gasteiger partial charge >= 0.3 is 0 Å². The van der Waals surface area contributed by atoms with E-state index in [1.807, 2.05) is 24.3 Å². The van der Waals surface area contributed by atoms with E-state index in [9.17, 15) is 0 Å². The van der Waals surface area contributed by atoms with Gasteiger partial charge in [-0.3, -0.25) is 0 Å². The predicted molar refractivity (Wildman–Crippen MR) is 55.1 cm³/mol. The SMILES string of the molecule is CC(c1nc2ccccc2o1)C1CC1. The van der Waals surface area contributed by atoms with Crippen LogP contribution < -0.4 is 0 Å². The fraction of sp³-hybridized carbons (Fsp3) is 0.417. The summed E-state index contributed by atoms with van der Waals surface area (Å²) in [6, 6.07) is 7.96. The smallest absolute Gasteiger partial charge is 0.198 e. The molecular formula is C12H13NO. The zero-order valence-corrected chi connectivity index (χ0v) is 8.23. The van der Waals surface area contributed by atoms with Crippen LogP contribution in [-0.4, -0.2) is 4.98 Å². The summed E-state index contributed by atoms with van der Waals surface area (Å²) < 4.78 is 5.72. The van der Waals surface area contributed by atoms with Crippen LogP contribution in [0.25, 0.3) is 11.1 Å². The van der Waals surface area contributed by atoms with Gasteiger partial charge in [0, 0.05) is 5.92 Å². The molecule has 0 saturated heterocycles. The van der Waals surface area contributed by atoms with Crippen LogP contribution >= 0.6 is 0 Å². The number of benzene rings is 1. The number of hydrogen-bond donors (Lipinski definition) is 0. The first-order chi connectivity index (χ1) is 6.84. The number of aromatic nitrogens is 1. The van der Waals surface area contributed by atoms with Gasteiger partial charge in [-0.2, -0.15) is 0 Å². The Morgan fingerprint density at radius 1 is 1.36 bits per heavy atom. The van der Waals surface area contributed by atoms with Gasteiger partial charge in [-0.1, -0.05) is 19.1 Å². The molecule has 2 nitrogen and oxygen atoms in total. The van der Waals surface area contributed by atoms with Gasteiger partial charge in [-0.15, -0.1) is 0 Å². The Morgan fingerprint density at radius 3 is 2.86 bits per heavy atom. The second-order valence-electron chi connectivity index (χ2n) is 4.15. The van der Waals surface area contributed by atoms with Crippen LogP contribution in [0.2, 0.25) is 0 Å². The first-order valence-electron chi connectivity index (χ1n) is 5.20. The van der Waals surface area contributed by atoms with Gasteiger partial charge in [0.1, 0.15) is 5.52 Å². The summed E-state index contributed by atoms with van der Waals surface area (Å²) in [6.45, 7) is 2.21. The van der Waals surface area contributed by atoms with Crippen LogP contribution in [0.15, 0.2) is 28.7 Å². The topological polar surface area (TPSA) is 26.0 Å². The first kappa shape index (κ1) is 8.04. The third kappa shape index (κ3) is 1.22. The van der Waals surface area contributed by atoms with Crippen molar-refractivity contribution in [3.8, 4) is 0 Å². The zero-order valence-electron chi connectivity index (χ0n) is 8.23. The highest BCUT2D eigenvalue weighted by Gasteiger charge is 2.31. The molecule has 1 saturated carbocycles. The third-order valence-electron chi connectivity index (χ3n) is 3.03. The molecule has 1 aromatic carbocycles. The van der Waals surface area contributed by atoms with Crippen LogP contribution in [0.1, 0.15) is 31.6 Å². The fourth-order valence-corrected chi connectivity index (χ4v) is 1.88. The van der Waals surface area contributed by atoms with Crippen molar-refractivity contribution in [2.75, 3.05) is 0 Å². The molecule has 1 aliphatic rings. The van der Waals surface area contributed by atoms with E-state index in [1.54, 1.807) is 0 Å². The molecule has 1 aliphatic carbocycles. The fourth-order valence-electron chi connectivity index (χ4n) is 1.88. The van der Waals surface area contributed by atoms with Gasteiger partial charge < -0.3 is 4.42 Å². The summed E-state index contributed by atoms with van der Waals surface area (Å²) in [4.78, 5) is 4.51. The van der Waals surface area contributed by atoms with Crippen LogP contribution in [0.3, 0.4) is 0 Å². The summed E-state index contributed by atoms with van der Waals surface area (Å²) in [5, 5.41) is 0. The molecule has 0 amide bonds. The highest BCUT2D eigenvalue weighted by Crippen LogP contribution is 2.42. The lowest BCUT2D eigenvalue weighted by Gasteiger charge is -2.02. The monoisotopic (exact) mass is 187 g/mol. The minimum atomic E-state index is 0.488. The van der Waals surface area contributed by atoms with E-state index in [4.69, 9.17) is 4.42 Å². The summed E-state index contributed by atoms with van der Waals surface area (Å²) >= 11 is 0.